The molecule has 1 aromatic carbocycles. The van der Waals surface area contributed by atoms with Crippen molar-refractivity contribution in [2.24, 2.45) is 5.73 Å². The molecule has 1 amide bonds. The van der Waals surface area contributed by atoms with E-state index in [1.54, 1.807) is 17.0 Å². The van der Waals surface area contributed by atoms with Gasteiger partial charge in [0.2, 0.25) is 0 Å². The minimum absolute atomic E-state index is 0.0270. The summed E-state index contributed by atoms with van der Waals surface area (Å²) in [6, 6.07) is 7.31. The average molecular weight is 329 g/mol. The quantitative estimate of drug-likeness (QED) is 0.837. The highest BCUT2D eigenvalue weighted by Crippen LogP contribution is 2.15. The number of rotatable bonds is 2. The molecular formula is C12H13BrN2O2S. The van der Waals surface area contributed by atoms with Crippen LogP contribution in [0, 0.1) is 0 Å². The van der Waals surface area contributed by atoms with Gasteiger partial charge in [-0.25, -0.2) is 0 Å². The number of carbonyl (C=O) groups is 1. The molecule has 1 heterocycles. The molecule has 1 aliphatic heterocycles. The van der Waals surface area contributed by atoms with Gasteiger partial charge in [-0.05, 0) is 18.2 Å². The number of hydrogen-bond acceptors (Lipinski definition) is 3. The van der Waals surface area contributed by atoms with Crippen molar-refractivity contribution in [3.05, 3.63) is 34.3 Å². The number of morpholine rings is 1. The van der Waals surface area contributed by atoms with Gasteiger partial charge < -0.3 is 15.4 Å². The molecule has 4 nitrogen and oxygen atoms in total. The maximum atomic E-state index is 12.3. The number of halogens is 1. The standard InChI is InChI=1S/C12H13BrN2O2S/c13-9-3-1-2-8(6-9)12(16)15-4-5-17-10(7-15)11(14)18/h1-3,6,10H,4-5,7H2,(H2,14,18). The lowest BCUT2D eigenvalue weighted by Gasteiger charge is -2.32. The number of nitrogens with two attached hydrogens (primary N) is 1. The third-order valence-corrected chi connectivity index (χ3v) is 3.50. The second-order valence-electron chi connectivity index (χ2n) is 4.02. The Labute approximate surface area is 119 Å². The maximum absolute atomic E-state index is 12.3. The summed E-state index contributed by atoms with van der Waals surface area (Å²) in [6.07, 6.45) is -0.343. The Morgan fingerprint density at radius 1 is 1.56 bits per heavy atom. The first-order chi connectivity index (χ1) is 8.58. The molecule has 1 aliphatic rings. The van der Waals surface area contributed by atoms with Crippen molar-refractivity contribution >= 4 is 39.0 Å². The highest BCUT2D eigenvalue weighted by molar-refractivity contribution is 9.10. The number of benzene rings is 1. The Hall–Kier alpha value is -0.980. The zero-order chi connectivity index (χ0) is 13.1. The Morgan fingerprint density at radius 3 is 3.00 bits per heavy atom. The Morgan fingerprint density at radius 2 is 2.33 bits per heavy atom. The summed E-state index contributed by atoms with van der Waals surface area (Å²) in [4.78, 5) is 14.3. The molecule has 0 bridgehead atoms. The van der Waals surface area contributed by atoms with E-state index >= 15 is 0 Å². The summed E-state index contributed by atoms with van der Waals surface area (Å²) in [5.74, 6) is -0.0270. The Bertz CT molecular complexity index is 481. The summed E-state index contributed by atoms with van der Waals surface area (Å²) >= 11 is 8.25. The van der Waals surface area contributed by atoms with Crippen molar-refractivity contribution in [2.75, 3.05) is 19.7 Å². The summed E-state index contributed by atoms with van der Waals surface area (Å²) in [7, 11) is 0. The molecule has 96 valence electrons. The van der Waals surface area contributed by atoms with Crippen LogP contribution in [0.25, 0.3) is 0 Å². The number of ether oxygens (including phenoxy) is 1. The smallest absolute Gasteiger partial charge is 0.254 e. The van der Waals surface area contributed by atoms with E-state index in [9.17, 15) is 4.79 Å². The summed E-state index contributed by atoms with van der Waals surface area (Å²) in [6.45, 7) is 1.44. The van der Waals surface area contributed by atoms with Crippen LogP contribution in [0.4, 0.5) is 0 Å². The van der Waals surface area contributed by atoms with E-state index < -0.39 is 0 Å². The van der Waals surface area contributed by atoms with Gasteiger partial charge in [0.15, 0.2) is 0 Å². The van der Waals surface area contributed by atoms with Crippen LogP contribution in [-0.4, -0.2) is 41.6 Å². The largest absolute Gasteiger partial charge is 0.391 e. The predicted octanol–water partition coefficient (Wildman–Crippen LogP) is 1.58. The summed E-state index contributed by atoms with van der Waals surface area (Å²) in [5.41, 5.74) is 6.20. The molecule has 18 heavy (non-hydrogen) atoms. The fraction of sp³-hybridized carbons (Fsp3) is 0.333. The van der Waals surface area contributed by atoms with Crippen LogP contribution >= 0.6 is 28.1 Å². The first-order valence-corrected chi connectivity index (χ1v) is 6.74. The topological polar surface area (TPSA) is 55.6 Å². The van der Waals surface area contributed by atoms with Gasteiger partial charge in [-0.15, -0.1) is 0 Å². The minimum atomic E-state index is -0.343. The fourth-order valence-corrected chi connectivity index (χ4v) is 2.35. The summed E-state index contributed by atoms with van der Waals surface area (Å²) < 4.78 is 6.29. The van der Waals surface area contributed by atoms with Gasteiger partial charge >= 0.3 is 0 Å². The first kappa shape index (κ1) is 13.5. The third-order valence-electron chi connectivity index (χ3n) is 2.74. The van der Waals surface area contributed by atoms with Gasteiger partial charge in [0.1, 0.15) is 11.1 Å². The Balaban J connectivity index is 2.11. The van der Waals surface area contributed by atoms with Crippen LogP contribution in [0.1, 0.15) is 10.4 Å². The van der Waals surface area contributed by atoms with Gasteiger partial charge in [0, 0.05) is 16.6 Å². The lowest BCUT2D eigenvalue weighted by atomic mass is 10.1. The zero-order valence-corrected chi connectivity index (χ0v) is 12.0. The molecule has 1 saturated heterocycles. The van der Waals surface area contributed by atoms with Crippen LogP contribution in [-0.2, 0) is 4.74 Å². The molecule has 0 aromatic heterocycles. The predicted molar refractivity (Wildman–Crippen MR) is 76.6 cm³/mol. The molecule has 0 spiro atoms. The average Bonchev–Trinajstić information content (AvgIpc) is 2.38. The SMILES string of the molecule is NC(=S)C1CN(C(=O)c2cccc(Br)c2)CCO1. The number of amides is 1. The van der Waals surface area contributed by atoms with E-state index in [4.69, 9.17) is 22.7 Å². The minimum Gasteiger partial charge on any atom is -0.391 e. The second-order valence-corrected chi connectivity index (χ2v) is 5.41. The molecule has 1 fully saturated rings. The number of thiocarbonyl (C=S) groups is 1. The Kier molecular flexibility index (Phi) is 4.31. The first-order valence-electron chi connectivity index (χ1n) is 5.53. The molecule has 1 aromatic rings. The molecule has 2 N–H and O–H groups in total. The van der Waals surface area contributed by atoms with E-state index in [0.717, 1.165) is 4.47 Å². The molecule has 2 rings (SSSR count). The molecule has 0 radical (unpaired) electrons. The van der Waals surface area contributed by atoms with E-state index in [1.807, 2.05) is 12.1 Å². The third kappa shape index (κ3) is 3.07. The van der Waals surface area contributed by atoms with Crippen molar-refractivity contribution in [1.29, 1.82) is 0 Å². The van der Waals surface area contributed by atoms with Crippen molar-refractivity contribution < 1.29 is 9.53 Å². The van der Waals surface area contributed by atoms with E-state index in [0.29, 0.717) is 30.2 Å². The summed E-state index contributed by atoms with van der Waals surface area (Å²) in [5, 5.41) is 0. The molecule has 0 aliphatic carbocycles. The lowest BCUT2D eigenvalue weighted by molar-refractivity contribution is 0.00878. The number of carbonyl (C=O) groups excluding carboxylic acids is 1. The van der Waals surface area contributed by atoms with Crippen molar-refractivity contribution in [1.82, 2.24) is 4.90 Å². The van der Waals surface area contributed by atoms with Crippen LogP contribution in [0.15, 0.2) is 28.7 Å². The zero-order valence-electron chi connectivity index (χ0n) is 9.64. The molecule has 0 saturated carbocycles. The van der Waals surface area contributed by atoms with E-state index in [2.05, 4.69) is 15.9 Å². The molecule has 6 heteroatoms. The van der Waals surface area contributed by atoms with Gasteiger partial charge in [0.25, 0.3) is 5.91 Å². The highest BCUT2D eigenvalue weighted by atomic mass is 79.9. The van der Waals surface area contributed by atoms with Gasteiger partial charge in [-0.2, -0.15) is 0 Å². The van der Waals surface area contributed by atoms with E-state index in [1.165, 1.54) is 0 Å². The van der Waals surface area contributed by atoms with Crippen molar-refractivity contribution in [2.45, 2.75) is 6.10 Å². The van der Waals surface area contributed by atoms with E-state index in [-0.39, 0.29) is 12.0 Å². The number of hydrogen-bond donors (Lipinski definition) is 1. The van der Waals surface area contributed by atoms with Crippen LogP contribution in [0.2, 0.25) is 0 Å². The van der Waals surface area contributed by atoms with Crippen LogP contribution in [0.5, 0.6) is 0 Å². The van der Waals surface area contributed by atoms with Gasteiger partial charge in [-0.1, -0.05) is 34.2 Å². The van der Waals surface area contributed by atoms with Crippen LogP contribution < -0.4 is 5.73 Å². The van der Waals surface area contributed by atoms with Crippen molar-refractivity contribution in [3.63, 3.8) is 0 Å². The normalized spacial score (nSPS) is 19.6. The lowest BCUT2D eigenvalue weighted by Crippen LogP contribution is -2.49. The monoisotopic (exact) mass is 328 g/mol. The molecule has 1 unspecified atom stereocenters. The van der Waals surface area contributed by atoms with Gasteiger partial charge in [-0.3, -0.25) is 4.79 Å². The highest BCUT2D eigenvalue weighted by Gasteiger charge is 2.26. The van der Waals surface area contributed by atoms with Crippen LogP contribution in [0.3, 0.4) is 0 Å². The second kappa shape index (κ2) is 5.77. The van der Waals surface area contributed by atoms with Crippen molar-refractivity contribution in [3.8, 4) is 0 Å². The molecule has 1 atom stereocenters. The number of nitrogens with zero attached hydrogens (tertiary/aromatic N) is 1. The maximum Gasteiger partial charge on any atom is 0.254 e. The molecular weight excluding hydrogens is 316 g/mol. The fourth-order valence-electron chi connectivity index (χ4n) is 1.81. The van der Waals surface area contributed by atoms with Gasteiger partial charge in [0.05, 0.1) is 13.2 Å².